The quantitative estimate of drug-likeness (QED) is 0.0455. The van der Waals surface area contributed by atoms with E-state index in [2.05, 4.69) is 33.5 Å². The minimum absolute atomic E-state index is 0.0281. The number of hydrogen-bond donors (Lipinski definition) is 9. The van der Waals surface area contributed by atoms with Crippen molar-refractivity contribution >= 4 is 53.4 Å². The predicted octanol–water partition coefficient (Wildman–Crippen LogP) is 1.44. The second kappa shape index (κ2) is 27.9. The number of nitrogens with one attached hydrogen (secondary N) is 5. The number of hydrogen-bond acceptors (Lipinski definition) is 9. The van der Waals surface area contributed by atoms with Gasteiger partial charge >= 0.3 is 23.9 Å². The zero-order valence-electron chi connectivity index (χ0n) is 30.2. The summed E-state index contributed by atoms with van der Waals surface area (Å²) in [5, 5.41) is 49.4. The topological polar surface area (TPSA) is 295 Å². The molecule has 0 radical (unpaired) electrons. The zero-order chi connectivity index (χ0) is 39.5. The molecule has 0 saturated heterocycles. The second-order valence-electron chi connectivity index (χ2n) is 12.6. The molecule has 0 saturated carbocycles. The van der Waals surface area contributed by atoms with E-state index >= 15 is 0 Å². The Hall–Kier alpha value is -4.77. The Balaban J connectivity index is 4.83. The van der Waals surface area contributed by atoms with E-state index in [1.54, 1.807) is 6.92 Å². The Morgan fingerprint density at radius 2 is 0.808 bits per heavy atom. The van der Waals surface area contributed by atoms with Gasteiger partial charge in [0, 0.05) is 44.7 Å². The van der Waals surface area contributed by atoms with E-state index < -0.39 is 104 Å². The number of rotatable bonds is 31. The molecule has 0 spiro atoms. The van der Waals surface area contributed by atoms with Crippen molar-refractivity contribution in [2.75, 3.05) is 6.54 Å². The fourth-order valence-corrected chi connectivity index (χ4v) is 5.14. The van der Waals surface area contributed by atoms with Gasteiger partial charge in [-0.2, -0.15) is 0 Å². The van der Waals surface area contributed by atoms with E-state index in [9.17, 15) is 58.5 Å². The summed E-state index contributed by atoms with van der Waals surface area (Å²) in [6.45, 7) is 4.22. The smallest absolute Gasteiger partial charge is 0.326 e. The molecule has 0 heterocycles. The third-order valence-electron chi connectivity index (χ3n) is 8.02. The molecule has 18 heteroatoms. The molecule has 0 aromatic rings. The van der Waals surface area contributed by atoms with E-state index in [1.807, 2.05) is 0 Å². The molecular formula is C34H57N5O13. The highest BCUT2D eigenvalue weighted by atomic mass is 16.4. The van der Waals surface area contributed by atoms with Crippen molar-refractivity contribution in [3.8, 4) is 0 Å². The standard InChI is InChI=1S/C34H57N5O13/c1-3-5-6-7-8-9-10-11-12-27(41)37-23(32(47)48)15-19-29(43)39-25(34(51)52)16-20-30(44)38-24(33(49)50)14-18-28(42)36-22(21-31(45)46)13-17-26(40)35-4-2/h22-25H,3-21H2,1-2H3,(H,35,40)(H,36,42)(H,37,41)(H,38,44)(H,39,43)(H,45,46)(H,47,48)(H,49,50)(H,51,52). The summed E-state index contributed by atoms with van der Waals surface area (Å²) >= 11 is 0. The van der Waals surface area contributed by atoms with Crippen LogP contribution in [0.15, 0.2) is 0 Å². The van der Waals surface area contributed by atoms with Gasteiger partial charge in [0.2, 0.25) is 29.5 Å². The van der Waals surface area contributed by atoms with E-state index in [1.165, 1.54) is 12.8 Å². The lowest BCUT2D eigenvalue weighted by Crippen LogP contribution is -2.45. The molecule has 0 fully saturated rings. The van der Waals surface area contributed by atoms with E-state index in [0.29, 0.717) is 13.0 Å². The summed E-state index contributed by atoms with van der Waals surface area (Å²) < 4.78 is 0. The minimum Gasteiger partial charge on any atom is -0.481 e. The van der Waals surface area contributed by atoms with Gasteiger partial charge in [0.25, 0.3) is 0 Å². The van der Waals surface area contributed by atoms with Crippen molar-refractivity contribution in [3.63, 3.8) is 0 Å². The van der Waals surface area contributed by atoms with Gasteiger partial charge in [-0.25, -0.2) is 14.4 Å². The molecule has 9 N–H and O–H groups in total. The van der Waals surface area contributed by atoms with Crippen molar-refractivity contribution in [3.05, 3.63) is 0 Å². The van der Waals surface area contributed by atoms with Crippen LogP contribution in [0.2, 0.25) is 0 Å². The molecule has 4 atom stereocenters. The Morgan fingerprint density at radius 3 is 1.19 bits per heavy atom. The molecule has 18 nitrogen and oxygen atoms in total. The van der Waals surface area contributed by atoms with Gasteiger partial charge in [-0.1, -0.05) is 51.9 Å². The van der Waals surface area contributed by atoms with Crippen molar-refractivity contribution in [2.24, 2.45) is 0 Å². The van der Waals surface area contributed by atoms with Crippen LogP contribution in [0.1, 0.15) is 129 Å². The molecule has 0 aliphatic rings. The van der Waals surface area contributed by atoms with Gasteiger partial charge in [-0.15, -0.1) is 0 Å². The first kappa shape index (κ1) is 47.2. The van der Waals surface area contributed by atoms with Crippen LogP contribution in [0.4, 0.5) is 0 Å². The van der Waals surface area contributed by atoms with Gasteiger partial charge in [0.1, 0.15) is 18.1 Å². The first-order chi connectivity index (χ1) is 24.6. The Bertz CT molecular complexity index is 1200. The van der Waals surface area contributed by atoms with Crippen LogP contribution < -0.4 is 26.6 Å². The molecule has 0 aromatic heterocycles. The summed E-state index contributed by atoms with van der Waals surface area (Å²) in [6.07, 6.45) is 5.27. The van der Waals surface area contributed by atoms with Crippen molar-refractivity contribution in [2.45, 2.75) is 154 Å². The van der Waals surface area contributed by atoms with E-state index in [-0.39, 0.29) is 38.0 Å². The lowest BCUT2D eigenvalue weighted by Gasteiger charge is -2.19. The fourth-order valence-electron chi connectivity index (χ4n) is 5.14. The highest BCUT2D eigenvalue weighted by Crippen LogP contribution is 2.11. The van der Waals surface area contributed by atoms with Gasteiger partial charge in [0.05, 0.1) is 6.42 Å². The minimum atomic E-state index is -1.57. The van der Waals surface area contributed by atoms with Crippen LogP contribution in [0.25, 0.3) is 0 Å². The summed E-state index contributed by atoms with van der Waals surface area (Å²) in [6, 6.07) is -5.39. The highest BCUT2D eigenvalue weighted by Gasteiger charge is 2.27. The number of carbonyl (C=O) groups excluding carboxylic acids is 5. The molecule has 0 bridgehead atoms. The SMILES string of the molecule is CCCCCCCCCCC(=O)NC(CCC(=O)NC(CCC(=O)NC(CCC(=O)NC(CCC(=O)NCC)CC(=O)O)C(=O)O)C(=O)O)C(=O)O. The molecule has 296 valence electrons. The van der Waals surface area contributed by atoms with Crippen LogP contribution in [0.5, 0.6) is 0 Å². The second-order valence-corrected chi connectivity index (χ2v) is 12.6. The molecule has 4 unspecified atom stereocenters. The van der Waals surface area contributed by atoms with Crippen LogP contribution in [0.3, 0.4) is 0 Å². The first-order valence-electron chi connectivity index (χ1n) is 17.9. The summed E-state index contributed by atoms with van der Waals surface area (Å²) in [7, 11) is 0. The lowest BCUT2D eigenvalue weighted by molar-refractivity contribution is -0.144. The number of aliphatic carboxylic acids is 4. The molecule has 0 aliphatic carbocycles. The Kier molecular flexibility index (Phi) is 25.3. The maximum atomic E-state index is 12.5. The van der Waals surface area contributed by atoms with Crippen molar-refractivity contribution < 1.29 is 63.6 Å². The van der Waals surface area contributed by atoms with Crippen LogP contribution in [-0.2, 0) is 43.2 Å². The zero-order valence-corrected chi connectivity index (χ0v) is 30.2. The average molecular weight is 744 g/mol. The number of unbranched alkanes of at least 4 members (excludes halogenated alkanes) is 7. The maximum absolute atomic E-state index is 12.5. The van der Waals surface area contributed by atoms with Crippen LogP contribution in [0, 0.1) is 0 Å². The number of amides is 5. The number of carbonyl (C=O) groups is 9. The molecule has 0 aromatic carbocycles. The van der Waals surface area contributed by atoms with E-state index in [4.69, 9.17) is 5.11 Å². The summed E-state index contributed by atoms with van der Waals surface area (Å²) in [4.78, 5) is 108. The van der Waals surface area contributed by atoms with Crippen molar-refractivity contribution in [1.82, 2.24) is 26.6 Å². The van der Waals surface area contributed by atoms with Crippen LogP contribution >= 0.6 is 0 Å². The molecular weight excluding hydrogens is 686 g/mol. The summed E-state index contributed by atoms with van der Waals surface area (Å²) in [5.41, 5.74) is 0. The number of carboxylic acid groups (broad SMARTS) is 4. The fraction of sp³-hybridized carbons (Fsp3) is 0.735. The molecule has 0 rings (SSSR count). The number of carboxylic acids is 4. The predicted molar refractivity (Wildman–Crippen MR) is 186 cm³/mol. The van der Waals surface area contributed by atoms with Gasteiger partial charge in [-0.05, 0) is 39.0 Å². The molecule has 0 aliphatic heterocycles. The van der Waals surface area contributed by atoms with Gasteiger partial charge in [0.15, 0.2) is 0 Å². The first-order valence-corrected chi connectivity index (χ1v) is 17.9. The third-order valence-corrected chi connectivity index (χ3v) is 8.02. The highest BCUT2D eigenvalue weighted by molar-refractivity contribution is 5.87. The van der Waals surface area contributed by atoms with Gasteiger partial charge in [-0.3, -0.25) is 28.8 Å². The Labute approximate surface area is 303 Å². The molecule has 5 amide bonds. The largest absolute Gasteiger partial charge is 0.481 e. The Morgan fingerprint density at radius 1 is 0.442 bits per heavy atom. The average Bonchev–Trinajstić information content (AvgIpc) is 3.06. The lowest BCUT2D eigenvalue weighted by atomic mass is 10.1. The third kappa shape index (κ3) is 24.4. The van der Waals surface area contributed by atoms with Gasteiger partial charge < -0.3 is 47.0 Å². The van der Waals surface area contributed by atoms with E-state index in [0.717, 1.165) is 32.1 Å². The maximum Gasteiger partial charge on any atom is 0.326 e. The molecule has 52 heavy (non-hydrogen) atoms. The summed E-state index contributed by atoms with van der Waals surface area (Å²) in [5.74, 6) is -8.78. The van der Waals surface area contributed by atoms with Crippen LogP contribution in [-0.4, -0.2) is 105 Å². The van der Waals surface area contributed by atoms with Crippen molar-refractivity contribution in [1.29, 1.82) is 0 Å². The normalized spacial score (nSPS) is 13.0. The monoisotopic (exact) mass is 743 g/mol.